The van der Waals surface area contributed by atoms with E-state index >= 15 is 0 Å². The summed E-state index contributed by atoms with van der Waals surface area (Å²) in [4.78, 5) is 32.0. The van der Waals surface area contributed by atoms with Crippen LogP contribution in [0.2, 0.25) is 5.02 Å². The SMILES string of the molecule is C[C@@H](COCCC(=O)N1CCN2c3ncc(C(F)(F)F)cc3OCCC2C1)Nc1cn[nH]c(=O)c1Cl. The zero-order valence-electron chi connectivity index (χ0n) is 19.5. The van der Waals surface area contributed by atoms with E-state index in [1.165, 1.54) is 6.20 Å². The van der Waals surface area contributed by atoms with E-state index < -0.39 is 17.3 Å². The summed E-state index contributed by atoms with van der Waals surface area (Å²) in [6.45, 7) is 3.87. The number of carbonyl (C=O) groups excluding carboxylic acids is 1. The lowest BCUT2D eigenvalue weighted by molar-refractivity contribution is -0.138. The molecule has 2 aromatic rings. The van der Waals surface area contributed by atoms with Crippen molar-refractivity contribution in [1.29, 1.82) is 0 Å². The van der Waals surface area contributed by atoms with Gasteiger partial charge in [0.05, 0.1) is 49.7 Å². The summed E-state index contributed by atoms with van der Waals surface area (Å²) in [5.41, 5.74) is -0.954. The maximum absolute atomic E-state index is 13.0. The number of aromatic amines is 1. The number of nitrogens with one attached hydrogen (secondary N) is 2. The first-order valence-corrected chi connectivity index (χ1v) is 11.8. The Bertz CT molecular complexity index is 1150. The second kappa shape index (κ2) is 10.9. The molecule has 2 atom stereocenters. The Kier molecular flexibility index (Phi) is 7.88. The van der Waals surface area contributed by atoms with Gasteiger partial charge in [-0.1, -0.05) is 11.6 Å². The van der Waals surface area contributed by atoms with Crippen LogP contribution in [0.3, 0.4) is 0 Å². The van der Waals surface area contributed by atoms with Crippen molar-refractivity contribution in [3.63, 3.8) is 0 Å². The van der Waals surface area contributed by atoms with E-state index in [-0.39, 0.29) is 55.0 Å². The Hall–Kier alpha value is -3.06. The monoisotopic (exact) mass is 530 g/mol. The van der Waals surface area contributed by atoms with Crippen LogP contribution in [-0.2, 0) is 15.7 Å². The molecule has 10 nitrogen and oxygen atoms in total. The molecule has 1 amide bonds. The van der Waals surface area contributed by atoms with Crippen molar-refractivity contribution >= 4 is 29.0 Å². The molecule has 2 aromatic heterocycles. The Morgan fingerprint density at radius 3 is 2.97 bits per heavy atom. The molecule has 4 heterocycles. The molecule has 196 valence electrons. The Morgan fingerprint density at radius 1 is 1.39 bits per heavy atom. The summed E-state index contributed by atoms with van der Waals surface area (Å²) in [6.07, 6.45) is -1.53. The molecule has 36 heavy (non-hydrogen) atoms. The van der Waals surface area contributed by atoms with Gasteiger partial charge in [-0.25, -0.2) is 10.1 Å². The standard InChI is InChI=1S/C22H26ClF3N6O4/c1-13(29-16-10-28-30-21(34)19(16)23)12-35-6-3-18(33)31-4-5-32-15(11-31)2-7-36-17-8-14(22(24,25)26)9-27-20(17)32/h8-10,13,15H,2-7,11-12H2,1H3,(H2,29,30,34)/t13-,15?/m0/s1. The number of aromatic nitrogens is 3. The first kappa shape index (κ1) is 26.0. The molecule has 0 aliphatic carbocycles. The molecule has 4 rings (SSSR count). The van der Waals surface area contributed by atoms with Crippen molar-refractivity contribution in [3.05, 3.63) is 39.4 Å². The molecular formula is C22H26ClF3N6O4. The van der Waals surface area contributed by atoms with Crippen LogP contribution in [0, 0.1) is 0 Å². The van der Waals surface area contributed by atoms with Crippen molar-refractivity contribution in [2.45, 2.75) is 38.0 Å². The maximum Gasteiger partial charge on any atom is 0.418 e. The van der Waals surface area contributed by atoms with E-state index in [0.717, 1.165) is 12.3 Å². The van der Waals surface area contributed by atoms with Crippen LogP contribution in [0.1, 0.15) is 25.3 Å². The van der Waals surface area contributed by atoms with Crippen LogP contribution in [0.4, 0.5) is 24.7 Å². The topological polar surface area (TPSA) is 113 Å². The summed E-state index contributed by atoms with van der Waals surface area (Å²) in [7, 11) is 0. The van der Waals surface area contributed by atoms with Crippen LogP contribution in [-0.4, -0.2) is 77.5 Å². The second-order valence-corrected chi connectivity index (χ2v) is 9.04. The van der Waals surface area contributed by atoms with Gasteiger partial charge in [0, 0.05) is 38.3 Å². The minimum absolute atomic E-state index is 0.00805. The number of fused-ring (bicyclic) bond motifs is 3. The molecule has 0 saturated carbocycles. The highest BCUT2D eigenvalue weighted by atomic mass is 35.5. The number of hydrogen-bond acceptors (Lipinski definition) is 8. The number of rotatable bonds is 7. The Labute approximate surface area is 209 Å². The highest BCUT2D eigenvalue weighted by Gasteiger charge is 2.36. The van der Waals surface area contributed by atoms with Crippen LogP contribution < -0.4 is 20.5 Å². The number of H-pyrrole nitrogens is 1. The van der Waals surface area contributed by atoms with Gasteiger partial charge in [0.2, 0.25) is 5.91 Å². The molecular weight excluding hydrogens is 505 g/mol. The largest absolute Gasteiger partial charge is 0.490 e. The molecule has 0 bridgehead atoms. The fourth-order valence-electron chi connectivity index (χ4n) is 4.20. The lowest BCUT2D eigenvalue weighted by Crippen LogP contribution is -2.55. The minimum Gasteiger partial charge on any atom is -0.490 e. The predicted molar refractivity (Wildman–Crippen MR) is 125 cm³/mol. The molecule has 0 aromatic carbocycles. The molecule has 14 heteroatoms. The van der Waals surface area contributed by atoms with Gasteiger partial charge < -0.3 is 24.6 Å². The highest BCUT2D eigenvalue weighted by molar-refractivity contribution is 6.32. The van der Waals surface area contributed by atoms with Crippen LogP contribution in [0.15, 0.2) is 23.3 Å². The van der Waals surface area contributed by atoms with Gasteiger partial charge in [-0.3, -0.25) is 9.59 Å². The zero-order valence-corrected chi connectivity index (χ0v) is 20.2. The van der Waals surface area contributed by atoms with Gasteiger partial charge in [0.1, 0.15) is 5.02 Å². The summed E-state index contributed by atoms with van der Waals surface area (Å²) in [6, 6.07) is 0.697. The summed E-state index contributed by atoms with van der Waals surface area (Å²) < 4.78 is 50.3. The quantitative estimate of drug-likeness (QED) is 0.525. The Morgan fingerprint density at radius 2 is 2.19 bits per heavy atom. The number of carbonyl (C=O) groups is 1. The van der Waals surface area contributed by atoms with Crippen molar-refractivity contribution in [1.82, 2.24) is 20.1 Å². The number of anilines is 2. The molecule has 2 aliphatic rings. The number of piperazine rings is 1. The van der Waals surface area contributed by atoms with E-state index in [1.807, 2.05) is 11.8 Å². The lowest BCUT2D eigenvalue weighted by atomic mass is 10.1. The molecule has 1 saturated heterocycles. The lowest BCUT2D eigenvalue weighted by Gasteiger charge is -2.41. The zero-order chi connectivity index (χ0) is 25.9. The van der Waals surface area contributed by atoms with Crippen molar-refractivity contribution in [3.8, 4) is 5.75 Å². The molecule has 1 fully saturated rings. The first-order chi connectivity index (χ1) is 17.1. The summed E-state index contributed by atoms with van der Waals surface area (Å²) >= 11 is 5.94. The number of ether oxygens (including phenoxy) is 2. The highest BCUT2D eigenvalue weighted by Crippen LogP contribution is 2.38. The van der Waals surface area contributed by atoms with Crippen molar-refractivity contribution in [2.24, 2.45) is 0 Å². The van der Waals surface area contributed by atoms with Crippen molar-refractivity contribution in [2.75, 3.05) is 49.7 Å². The minimum atomic E-state index is -4.50. The van der Waals surface area contributed by atoms with E-state index in [9.17, 15) is 22.8 Å². The first-order valence-electron chi connectivity index (χ1n) is 11.5. The number of pyridine rings is 1. The number of hydrogen-bond donors (Lipinski definition) is 2. The van der Waals surface area contributed by atoms with E-state index in [4.69, 9.17) is 21.1 Å². The third-order valence-corrected chi connectivity index (χ3v) is 6.38. The average molecular weight is 531 g/mol. The average Bonchev–Trinajstić information content (AvgIpc) is 3.02. The van der Waals surface area contributed by atoms with E-state index in [1.54, 1.807) is 4.90 Å². The van der Waals surface area contributed by atoms with Gasteiger partial charge >= 0.3 is 6.18 Å². The van der Waals surface area contributed by atoms with Crippen molar-refractivity contribution < 1.29 is 27.4 Å². The van der Waals surface area contributed by atoms with E-state index in [2.05, 4.69) is 20.5 Å². The predicted octanol–water partition coefficient (Wildman–Crippen LogP) is 2.54. The third kappa shape index (κ3) is 6.01. The van der Waals surface area contributed by atoms with Gasteiger partial charge in [-0.15, -0.1) is 0 Å². The van der Waals surface area contributed by atoms with Gasteiger partial charge in [-0.05, 0) is 13.0 Å². The van der Waals surface area contributed by atoms with Gasteiger partial charge in [0.25, 0.3) is 5.56 Å². The van der Waals surface area contributed by atoms with Gasteiger partial charge in [-0.2, -0.15) is 18.3 Å². The molecule has 2 N–H and O–H groups in total. The smallest absolute Gasteiger partial charge is 0.418 e. The van der Waals surface area contributed by atoms with Crippen LogP contribution >= 0.6 is 11.6 Å². The number of halogens is 4. The normalized spacial score (nSPS) is 18.5. The number of alkyl halides is 3. The summed E-state index contributed by atoms with van der Waals surface area (Å²) in [5.74, 6) is 0.418. The number of nitrogens with zero attached hydrogens (tertiary/aromatic N) is 4. The van der Waals surface area contributed by atoms with E-state index in [0.29, 0.717) is 37.6 Å². The summed E-state index contributed by atoms with van der Waals surface area (Å²) in [5, 5.41) is 8.98. The third-order valence-electron chi connectivity index (χ3n) is 6.00. The fourth-order valence-corrected chi connectivity index (χ4v) is 4.34. The molecule has 0 spiro atoms. The molecule has 1 unspecified atom stereocenters. The fraction of sp³-hybridized carbons (Fsp3) is 0.545. The number of amides is 1. The van der Waals surface area contributed by atoms with Crippen LogP contribution in [0.25, 0.3) is 0 Å². The Balaban J connectivity index is 1.25. The maximum atomic E-state index is 13.0. The second-order valence-electron chi connectivity index (χ2n) is 8.66. The van der Waals surface area contributed by atoms with Crippen LogP contribution in [0.5, 0.6) is 5.75 Å². The van der Waals surface area contributed by atoms with Gasteiger partial charge in [0.15, 0.2) is 11.6 Å². The molecule has 0 radical (unpaired) electrons. The molecule has 2 aliphatic heterocycles.